The normalized spacial score (nSPS) is 36.8. The van der Waals surface area contributed by atoms with Crippen LogP contribution in [-0.4, -0.2) is 24.5 Å². The van der Waals surface area contributed by atoms with Crippen molar-refractivity contribution in [1.29, 1.82) is 0 Å². The molecule has 12 heavy (non-hydrogen) atoms. The first-order chi connectivity index (χ1) is 5.38. The van der Waals surface area contributed by atoms with Gasteiger partial charge in [0.15, 0.2) is 0 Å². The maximum Gasteiger partial charge on any atom is 0.0120 e. The lowest BCUT2D eigenvalue weighted by Gasteiger charge is -2.42. The molecule has 1 aliphatic carbocycles. The second-order valence-electron chi connectivity index (χ2n) is 4.23. The number of hydrogen-bond donors (Lipinski definition) is 0. The van der Waals surface area contributed by atoms with Crippen LogP contribution in [0.5, 0.6) is 0 Å². The first kappa shape index (κ1) is 10.8. The largest absolute Gasteiger partial charge is 0.303 e. The second-order valence-corrected chi connectivity index (χ2v) is 4.23. The summed E-state index contributed by atoms with van der Waals surface area (Å²) in [6.45, 7) is 1.35. The summed E-state index contributed by atoms with van der Waals surface area (Å²) < 4.78 is 0. The highest BCUT2D eigenvalue weighted by Gasteiger charge is 2.30. The molecule has 0 radical (unpaired) electrons. The highest BCUT2D eigenvalue weighted by Crippen LogP contribution is 2.34. The van der Waals surface area contributed by atoms with Gasteiger partial charge in [-0.2, -0.15) is 0 Å². The summed E-state index contributed by atoms with van der Waals surface area (Å²) in [6.07, 6.45) is 8.91. The van der Waals surface area contributed by atoms with Crippen LogP contribution in [0.3, 0.4) is 0 Å². The molecule has 2 aliphatic rings. The Labute approximate surface area is 92.9 Å². The van der Waals surface area contributed by atoms with Crippen molar-refractivity contribution in [2.45, 2.75) is 44.6 Å². The SMILES string of the molecule is CN1CCCC2CCCCC21.I. The Balaban J connectivity index is 0.000000720. The van der Waals surface area contributed by atoms with Gasteiger partial charge < -0.3 is 4.90 Å². The summed E-state index contributed by atoms with van der Waals surface area (Å²) in [5.41, 5.74) is 0. The highest BCUT2D eigenvalue weighted by molar-refractivity contribution is 14.0. The number of halogens is 1. The number of piperidine rings is 1. The van der Waals surface area contributed by atoms with Gasteiger partial charge >= 0.3 is 0 Å². The van der Waals surface area contributed by atoms with Gasteiger partial charge in [-0.15, -0.1) is 24.0 Å². The fourth-order valence-corrected chi connectivity index (χ4v) is 2.87. The molecule has 2 fully saturated rings. The Morgan fingerprint density at radius 3 is 2.42 bits per heavy atom. The maximum atomic E-state index is 2.59. The molecule has 1 aliphatic heterocycles. The predicted octanol–water partition coefficient (Wildman–Crippen LogP) is 2.89. The molecule has 0 aromatic heterocycles. The monoisotopic (exact) mass is 281 g/mol. The number of hydrogen-bond acceptors (Lipinski definition) is 1. The van der Waals surface area contributed by atoms with E-state index >= 15 is 0 Å². The van der Waals surface area contributed by atoms with Crippen molar-refractivity contribution in [2.24, 2.45) is 5.92 Å². The molecule has 2 unspecified atom stereocenters. The standard InChI is InChI=1S/C10H19N.HI/c1-11-8-4-6-9-5-2-3-7-10(9)11;/h9-10H,2-8H2,1H3;1H. The third-order valence-corrected chi connectivity index (χ3v) is 3.52. The molecule has 0 aromatic carbocycles. The van der Waals surface area contributed by atoms with Crippen LogP contribution in [0.4, 0.5) is 0 Å². The van der Waals surface area contributed by atoms with E-state index in [1.165, 1.54) is 45.1 Å². The first-order valence-corrected chi connectivity index (χ1v) is 5.08. The molecule has 72 valence electrons. The van der Waals surface area contributed by atoms with Gasteiger partial charge in [0.25, 0.3) is 0 Å². The minimum absolute atomic E-state index is 0. The fraction of sp³-hybridized carbons (Fsp3) is 1.00. The number of fused-ring (bicyclic) bond motifs is 1. The minimum atomic E-state index is 0. The molecule has 0 aromatic rings. The van der Waals surface area contributed by atoms with Crippen molar-refractivity contribution >= 4 is 24.0 Å². The predicted molar refractivity (Wildman–Crippen MR) is 63.0 cm³/mol. The summed E-state index contributed by atoms with van der Waals surface area (Å²) in [4.78, 5) is 2.59. The summed E-state index contributed by atoms with van der Waals surface area (Å²) >= 11 is 0. The van der Waals surface area contributed by atoms with Crippen molar-refractivity contribution < 1.29 is 0 Å². The van der Waals surface area contributed by atoms with E-state index < -0.39 is 0 Å². The van der Waals surface area contributed by atoms with E-state index in [4.69, 9.17) is 0 Å². The van der Waals surface area contributed by atoms with Gasteiger partial charge in [-0.1, -0.05) is 12.8 Å². The fourth-order valence-electron chi connectivity index (χ4n) is 2.87. The molecule has 0 N–H and O–H groups in total. The quantitative estimate of drug-likeness (QED) is 0.617. The van der Waals surface area contributed by atoms with Gasteiger partial charge in [-0.25, -0.2) is 0 Å². The third-order valence-electron chi connectivity index (χ3n) is 3.52. The molecule has 1 nitrogen and oxygen atoms in total. The molecular weight excluding hydrogens is 261 g/mol. The topological polar surface area (TPSA) is 3.24 Å². The molecule has 0 amide bonds. The Hall–Kier alpha value is 0.690. The van der Waals surface area contributed by atoms with Crippen LogP contribution in [0.2, 0.25) is 0 Å². The Kier molecular flexibility index (Phi) is 4.30. The van der Waals surface area contributed by atoms with E-state index in [0.29, 0.717) is 0 Å². The average Bonchev–Trinajstić information content (AvgIpc) is 2.06. The zero-order chi connectivity index (χ0) is 7.68. The molecule has 2 rings (SSSR count). The Morgan fingerprint density at radius 1 is 1.00 bits per heavy atom. The number of likely N-dealkylation sites (tertiary alicyclic amines) is 1. The van der Waals surface area contributed by atoms with Crippen LogP contribution in [-0.2, 0) is 0 Å². The van der Waals surface area contributed by atoms with Gasteiger partial charge in [-0.3, -0.25) is 0 Å². The van der Waals surface area contributed by atoms with E-state index in [2.05, 4.69) is 11.9 Å². The molecule has 1 heterocycles. The van der Waals surface area contributed by atoms with Crippen LogP contribution in [0, 0.1) is 5.92 Å². The lowest BCUT2D eigenvalue weighted by Crippen LogP contribution is -2.44. The van der Waals surface area contributed by atoms with Crippen molar-refractivity contribution in [3.8, 4) is 0 Å². The molecular formula is C10H20IN. The molecule has 2 heteroatoms. The van der Waals surface area contributed by atoms with Crippen molar-refractivity contribution in [2.75, 3.05) is 13.6 Å². The van der Waals surface area contributed by atoms with Gasteiger partial charge in [0, 0.05) is 6.04 Å². The van der Waals surface area contributed by atoms with E-state index in [1.54, 1.807) is 0 Å². The summed E-state index contributed by atoms with van der Waals surface area (Å²) in [5.74, 6) is 1.06. The Bertz CT molecular complexity index is 136. The first-order valence-electron chi connectivity index (χ1n) is 5.08. The van der Waals surface area contributed by atoms with Crippen molar-refractivity contribution in [3.63, 3.8) is 0 Å². The van der Waals surface area contributed by atoms with Crippen LogP contribution in [0.1, 0.15) is 38.5 Å². The van der Waals surface area contributed by atoms with Gasteiger partial charge in [0.1, 0.15) is 0 Å². The van der Waals surface area contributed by atoms with Crippen LogP contribution < -0.4 is 0 Å². The Morgan fingerprint density at radius 2 is 1.67 bits per heavy atom. The smallest absolute Gasteiger partial charge is 0.0120 e. The number of nitrogens with zero attached hydrogens (tertiary/aromatic N) is 1. The summed E-state index contributed by atoms with van der Waals surface area (Å²) in [6, 6.07) is 0.956. The van der Waals surface area contributed by atoms with E-state index in [-0.39, 0.29) is 24.0 Å². The number of rotatable bonds is 0. The molecule has 0 bridgehead atoms. The van der Waals surface area contributed by atoms with Crippen LogP contribution in [0.25, 0.3) is 0 Å². The van der Waals surface area contributed by atoms with Crippen LogP contribution >= 0.6 is 24.0 Å². The second kappa shape index (κ2) is 4.80. The minimum Gasteiger partial charge on any atom is -0.303 e. The summed E-state index contributed by atoms with van der Waals surface area (Å²) in [7, 11) is 2.31. The highest BCUT2D eigenvalue weighted by atomic mass is 127. The maximum absolute atomic E-state index is 2.59. The zero-order valence-electron chi connectivity index (χ0n) is 7.96. The van der Waals surface area contributed by atoms with Gasteiger partial charge in [0.05, 0.1) is 0 Å². The molecule has 0 spiro atoms. The van der Waals surface area contributed by atoms with Crippen molar-refractivity contribution in [1.82, 2.24) is 4.90 Å². The van der Waals surface area contributed by atoms with E-state index in [1.807, 2.05) is 0 Å². The lowest BCUT2D eigenvalue weighted by molar-refractivity contribution is 0.0841. The molecule has 1 saturated carbocycles. The third kappa shape index (κ3) is 2.13. The molecule has 1 saturated heterocycles. The zero-order valence-corrected chi connectivity index (χ0v) is 10.3. The van der Waals surface area contributed by atoms with E-state index in [9.17, 15) is 0 Å². The van der Waals surface area contributed by atoms with E-state index in [0.717, 1.165) is 12.0 Å². The van der Waals surface area contributed by atoms with Crippen molar-refractivity contribution in [3.05, 3.63) is 0 Å². The van der Waals surface area contributed by atoms with Crippen LogP contribution in [0.15, 0.2) is 0 Å². The average molecular weight is 281 g/mol. The summed E-state index contributed by atoms with van der Waals surface area (Å²) in [5, 5.41) is 0. The molecule has 2 atom stereocenters. The van der Waals surface area contributed by atoms with Gasteiger partial charge in [-0.05, 0) is 45.2 Å². The lowest BCUT2D eigenvalue weighted by atomic mass is 9.79. The van der Waals surface area contributed by atoms with Gasteiger partial charge in [0.2, 0.25) is 0 Å².